The fourth-order valence-corrected chi connectivity index (χ4v) is 3.59. The average Bonchev–Trinajstić information content (AvgIpc) is 2.72. The van der Waals surface area contributed by atoms with Gasteiger partial charge in [-0.15, -0.1) is 0 Å². The molecule has 0 radical (unpaired) electrons. The lowest BCUT2D eigenvalue weighted by molar-refractivity contribution is 0.0428. The molecule has 3 saturated heterocycles. The molecule has 4 rings (SSSR count). The molecule has 80 valence electrons. The third-order valence-corrected chi connectivity index (χ3v) is 4.44. The summed E-state index contributed by atoms with van der Waals surface area (Å²) in [7, 11) is 0. The van der Waals surface area contributed by atoms with Gasteiger partial charge in [0.05, 0.1) is 0 Å². The third-order valence-electron chi connectivity index (χ3n) is 4.44. The van der Waals surface area contributed by atoms with Crippen molar-refractivity contribution in [3.8, 4) is 0 Å². The summed E-state index contributed by atoms with van der Waals surface area (Å²) in [6, 6.07) is 1.76. The zero-order valence-corrected chi connectivity index (χ0v) is 9.04. The number of hydrogen-bond donors (Lipinski definition) is 1. The summed E-state index contributed by atoms with van der Waals surface area (Å²) >= 11 is 0. The lowest BCUT2D eigenvalue weighted by Crippen LogP contribution is -2.51. The largest absolute Gasteiger partial charge is 0.313 e. The van der Waals surface area contributed by atoms with Crippen LogP contribution in [0.3, 0.4) is 0 Å². The minimum absolute atomic E-state index is 0.814. The Bertz CT molecular complexity index is 190. The molecule has 1 aliphatic carbocycles. The summed E-state index contributed by atoms with van der Waals surface area (Å²) in [5.41, 5.74) is 0. The van der Waals surface area contributed by atoms with Gasteiger partial charge < -0.3 is 5.32 Å². The van der Waals surface area contributed by atoms with Crippen LogP contribution in [0.1, 0.15) is 38.5 Å². The maximum Gasteiger partial charge on any atom is 0.0195 e. The molecular formula is C12H22N2. The summed E-state index contributed by atoms with van der Waals surface area (Å²) in [5, 5.41) is 3.62. The first-order chi connectivity index (χ1) is 6.92. The molecule has 0 amide bonds. The lowest BCUT2D eigenvalue weighted by Gasteiger charge is -2.46. The van der Waals surface area contributed by atoms with E-state index >= 15 is 0 Å². The predicted molar refractivity (Wildman–Crippen MR) is 58.3 cm³/mol. The van der Waals surface area contributed by atoms with Crippen molar-refractivity contribution in [3.63, 3.8) is 0 Å². The van der Waals surface area contributed by atoms with Crippen LogP contribution in [-0.2, 0) is 0 Å². The van der Waals surface area contributed by atoms with Gasteiger partial charge in [-0.05, 0) is 51.0 Å². The van der Waals surface area contributed by atoms with Crippen molar-refractivity contribution in [2.45, 2.75) is 50.6 Å². The van der Waals surface area contributed by atoms with Crippen molar-refractivity contribution in [3.05, 3.63) is 0 Å². The van der Waals surface area contributed by atoms with E-state index in [1.54, 1.807) is 0 Å². The molecule has 3 heterocycles. The summed E-state index contributed by atoms with van der Waals surface area (Å²) in [4.78, 5) is 2.78. The summed E-state index contributed by atoms with van der Waals surface area (Å²) in [6.07, 6.45) is 8.80. The molecule has 0 aromatic heterocycles. The minimum atomic E-state index is 0.814. The zero-order valence-electron chi connectivity index (χ0n) is 9.04. The van der Waals surface area contributed by atoms with Crippen molar-refractivity contribution in [2.24, 2.45) is 5.92 Å². The van der Waals surface area contributed by atoms with Crippen molar-refractivity contribution in [1.82, 2.24) is 10.2 Å². The maximum absolute atomic E-state index is 3.62. The van der Waals surface area contributed by atoms with E-state index in [0.29, 0.717) is 0 Å². The second-order valence-corrected chi connectivity index (χ2v) is 5.42. The molecule has 0 aromatic carbocycles. The Morgan fingerprint density at radius 2 is 1.93 bits per heavy atom. The lowest BCUT2D eigenvalue weighted by atomic mass is 9.80. The van der Waals surface area contributed by atoms with Crippen LogP contribution < -0.4 is 5.32 Å². The highest BCUT2D eigenvalue weighted by atomic mass is 15.2. The molecular weight excluding hydrogens is 172 g/mol. The van der Waals surface area contributed by atoms with Crippen LogP contribution in [0, 0.1) is 5.92 Å². The van der Waals surface area contributed by atoms with E-state index < -0.39 is 0 Å². The highest BCUT2D eigenvalue weighted by Crippen LogP contribution is 2.34. The number of piperidine rings is 2. The van der Waals surface area contributed by atoms with Crippen molar-refractivity contribution < 1.29 is 0 Å². The fraction of sp³-hybridized carbons (Fsp3) is 1.00. The van der Waals surface area contributed by atoms with Crippen molar-refractivity contribution in [2.75, 3.05) is 19.6 Å². The molecule has 2 nitrogen and oxygen atoms in total. The first kappa shape index (κ1) is 9.17. The van der Waals surface area contributed by atoms with Crippen molar-refractivity contribution >= 4 is 0 Å². The molecule has 4 fully saturated rings. The number of rotatable bonds is 2. The first-order valence-electron chi connectivity index (χ1n) is 6.39. The van der Waals surface area contributed by atoms with E-state index in [0.717, 1.165) is 18.0 Å². The van der Waals surface area contributed by atoms with Gasteiger partial charge in [-0.25, -0.2) is 0 Å². The highest BCUT2D eigenvalue weighted by Gasteiger charge is 2.34. The molecule has 14 heavy (non-hydrogen) atoms. The average molecular weight is 194 g/mol. The Kier molecular flexibility index (Phi) is 2.50. The van der Waals surface area contributed by atoms with Gasteiger partial charge in [0.15, 0.2) is 0 Å². The Labute approximate surface area is 87.0 Å². The molecule has 2 bridgehead atoms. The topological polar surface area (TPSA) is 15.3 Å². The predicted octanol–water partition coefficient (Wildman–Crippen LogP) is 1.61. The standard InChI is InChI=1S/C12H22N2/c1-2-11(13-7-1)9-14-8-10-3-5-12(14)6-4-10/h10-13H,1-9H2/t10?,11-,12?/m1/s1. The summed E-state index contributed by atoms with van der Waals surface area (Å²) in [6.45, 7) is 4.00. The number of nitrogens with zero attached hydrogens (tertiary/aromatic N) is 1. The van der Waals surface area contributed by atoms with E-state index in [4.69, 9.17) is 0 Å². The second kappa shape index (κ2) is 3.82. The van der Waals surface area contributed by atoms with E-state index in [-0.39, 0.29) is 0 Å². The minimum Gasteiger partial charge on any atom is -0.313 e. The monoisotopic (exact) mass is 194 g/mol. The van der Waals surface area contributed by atoms with Gasteiger partial charge in [-0.2, -0.15) is 0 Å². The molecule has 1 N–H and O–H groups in total. The normalized spacial score (nSPS) is 43.3. The summed E-state index contributed by atoms with van der Waals surface area (Å²) < 4.78 is 0. The molecule has 1 saturated carbocycles. The maximum atomic E-state index is 3.62. The molecule has 1 atom stereocenters. The van der Waals surface area contributed by atoms with Crippen LogP contribution in [0.4, 0.5) is 0 Å². The Balaban J connectivity index is 1.57. The van der Waals surface area contributed by atoms with E-state index in [2.05, 4.69) is 10.2 Å². The third kappa shape index (κ3) is 1.70. The summed E-state index contributed by atoms with van der Waals surface area (Å²) in [5.74, 6) is 1.04. The SMILES string of the molecule is C1CN[C@@H](CN2CC3CCC2CC3)C1. The molecule has 0 spiro atoms. The quantitative estimate of drug-likeness (QED) is 0.718. The molecule has 2 heteroatoms. The van der Waals surface area contributed by atoms with Crippen LogP contribution in [-0.4, -0.2) is 36.6 Å². The molecule has 0 unspecified atom stereocenters. The van der Waals surface area contributed by atoms with Crippen LogP contribution in [0.5, 0.6) is 0 Å². The highest BCUT2D eigenvalue weighted by molar-refractivity contribution is 4.90. The van der Waals surface area contributed by atoms with E-state index in [1.165, 1.54) is 58.2 Å². The number of nitrogens with one attached hydrogen (secondary N) is 1. The van der Waals surface area contributed by atoms with E-state index in [9.17, 15) is 0 Å². The van der Waals surface area contributed by atoms with Crippen molar-refractivity contribution in [1.29, 1.82) is 0 Å². The van der Waals surface area contributed by atoms with Gasteiger partial charge in [0, 0.05) is 25.2 Å². The van der Waals surface area contributed by atoms with Crippen LogP contribution in [0.15, 0.2) is 0 Å². The van der Waals surface area contributed by atoms with Gasteiger partial charge in [-0.3, -0.25) is 4.90 Å². The number of hydrogen-bond acceptors (Lipinski definition) is 2. The number of fused-ring (bicyclic) bond motifs is 3. The van der Waals surface area contributed by atoms with Gasteiger partial charge in [0.1, 0.15) is 0 Å². The van der Waals surface area contributed by atoms with Crippen LogP contribution >= 0.6 is 0 Å². The molecule has 0 aromatic rings. The Morgan fingerprint density at radius 1 is 1.07 bits per heavy atom. The fourth-order valence-electron chi connectivity index (χ4n) is 3.59. The Hall–Kier alpha value is -0.0800. The van der Waals surface area contributed by atoms with Gasteiger partial charge in [0.2, 0.25) is 0 Å². The smallest absolute Gasteiger partial charge is 0.0195 e. The molecule has 3 aliphatic heterocycles. The van der Waals surface area contributed by atoms with Crippen LogP contribution in [0.2, 0.25) is 0 Å². The van der Waals surface area contributed by atoms with Gasteiger partial charge in [0.25, 0.3) is 0 Å². The van der Waals surface area contributed by atoms with Gasteiger partial charge in [-0.1, -0.05) is 0 Å². The van der Waals surface area contributed by atoms with Crippen LogP contribution in [0.25, 0.3) is 0 Å². The van der Waals surface area contributed by atoms with Gasteiger partial charge >= 0.3 is 0 Å². The zero-order chi connectivity index (χ0) is 9.38. The van der Waals surface area contributed by atoms with E-state index in [1.807, 2.05) is 0 Å². The second-order valence-electron chi connectivity index (χ2n) is 5.42. The molecule has 4 aliphatic rings. The first-order valence-corrected chi connectivity index (χ1v) is 6.39. The Morgan fingerprint density at radius 3 is 2.50 bits per heavy atom.